The lowest BCUT2D eigenvalue weighted by atomic mass is 9.96. The van der Waals surface area contributed by atoms with Crippen LogP contribution in [-0.2, 0) is 29.1 Å². The molecule has 0 unspecified atom stereocenters. The summed E-state index contributed by atoms with van der Waals surface area (Å²) in [4.78, 5) is 11.3. The van der Waals surface area contributed by atoms with Gasteiger partial charge in [0, 0.05) is 6.92 Å². The first-order valence-corrected chi connectivity index (χ1v) is 10.2. The fourth-order valence-electron chi connectivity index (χ4n) is 3.17. The number of hydrogen-bond donors (Lipinski definition) is 8. The molecule has 8 N–H and O–H groups in total. The molecule has 0 spiro atoms. The molecule has 0 aromatic carbocycles. The van der Waals surface area contributed by atoms with E-state index < -0.39 is 89.7 Å². The van der Waals surface area contributed by atoms with E-state index in [1.54, 1.807) is 0 Å². The van der Waals surface area contributed by atoms with E-state index in [0.29, 0.717) is 0 Å². The minimum Gasteiger partial charge on any atom is -0.394 e. The van der Waals surface area contributed by atoms with Crippen LogP contribution in [0.25, 0.3) is 0 Å². The topological polar surface area (TPSA) is 233 Å². The van der Waals surface area contributed by atoms with E-state index in [0.717, 1.165) is 6.92 Å². The lowest BCUT2D eigenvalue weighted by Gasteiger charge is -2.46. The smallest absolute Gasteiger partial charge is 0.267 e. The first-order valence-electron chi connectivity index (χ1n) is 8.55. The maximum absolute atomic E-state index is 11.3. The molecule has 1 amide bonds. The zero-order chi connectivity index (χ0) is 22.1. The predicted octanol–water partition coefficient (Wildman–Crippen LogP) is -5.36. The molecule has 2 heterocycles. The van der Waals surface area contributed by atoms with Gasteiger partial charge < -0.3 is 50.2 Å². The van der Waals surface area contributed by atoms with Crippen molar-refractivity contribution in [2.75, 3.05) is 12.4 Å². The Morgan fingerprint density at radius 3 is 2.14 bits per heavy atom. The highest BCUT2D eigenvalue weighted by Crippen LogP contribution is 2.29. The summed E-state index contributed by atoms with van der Waals surface area (Å²) in [6.45, 7) is 0.313. The standard InChI is InChI=1S/C14H25NO13S/c1-4(17)15-7-9(19)12(6(26-13(7)22)3-29(23,24)25)28-14-11(21)10(20)8(18)5(2-16)27-14/h5-14,16,18-22H,2-3H2,1H3,(H,15,17)(H,23,24,25)/t5-,6-,7-,8+,9-,10+,11-,12-,13-,14+/m1/s1. The van der Waals surface area contributed by atoms with Gasteiger partial charge in [-0.1, -0.05) is 0 Å². The minimum absolute atomic E-state index is 0.670. The van der Waals surface area contributed by atoms with Crippen molar-refractivity contribution in [3.05, 3.63) is 0 Å². The van der Waals surface area contributed by atoms with Crippen molar-refractivity contribution >= 4 is 16.0 Å². The van der Waals surface area contributed by atoms with E-state index in [1.165, 1.54) is 0 Å². The number of nitrogens with one attached hydrogen (secondary N) is 1. The number of rotatable bonds is 6. The van der Waals surface area contributed by atoms with Gasteiger partial charge >= 0.3 is 0 Å². The summed E-state index contributed by atoms with van der Waals surface area (Å²) in [7, 11) is -4.68. The Morgan fingerprint density at radius 2 is 1.62 bits per heavy atom. The van der Waals surface area contributed by atoms with Crippen LogP contribution in [0.3, 0.4) is 0 Å². The zero-order valence-electron chi connectivity index (χ0n) is 15.2. The van der Waals surface area contributed by atoms with Gasteiger partial charge in [-0.05, 0) is 0 Å². The van der Waals surface area contributed by atoms with Crippen molar-refractivity contribution in [2.45, 2.75) is 68.3 Å². The number of aliphatic hydroxyl groups excluding tert-OH is 6. The van der Waals surface area contributed by atoms with Crippen molar-refractivity contribution in [1.29, 1.82) is 0 Å². The molecule has 2 aliphatic heterocycles. The highest BCUT2D eigenvalue weighted by atomic mass is 32.2. The van der Waals surface area contributed by atoms with E-state index in [4.69, 9.17) is 18.8 Å². The van der Waals surface area contributed by atoms with Crippen LogP contribution in [-0.4, -0.2) is 123 Å². The second-order valence-corrected chi connectivity index (χ2v) is 8.33. The Bertz CT molecular complexity index is 672. The summed E-state index contributed by atoms with van der Waals surface area (Å²) in [5.41, 5.74) is 0. The Labute approximate surface area is 165 Å². The molecule has 29 heavy (non-hydrogen) atoms. The second-order valence-electron chi connectivity index (χ2n) is 6.83. The fraction of sp³-hybridized carbons (Fsp3) is 0.929. The van der Waals surface area contributed by atoms with Gasteiger partial charge in [0.25, 0.3) is 10.1 Å². The van der Waals surface area contributed by atoms with E-state index in [2.05, 4.69) is 5.32 Å². The van der Waals surface area contributed by atoms with Crippen LogP contribution in [0, 0.1) is 0 Å². The van der Waals surface area contributed by atoms with E-state index >= 15 is 0 Å². The van der Waals surface area contributed by atoms with Gasteiger partial charge in [-0.15, -0.1) is 0 Å². The summed E-state index contributed by atoms with van der Waals surface area (Å²) >= 11 is 0. The molecule has 10 atom stereocenters. The first kappa shape index (κ1) is 24.3. The van der Waals surface area contributed by atoms with Gasteiger partial charge in [-0.2, -0.15) is 8.42 Å². The van der Waals surface area contributed by atoms with Crippen LogP contribution in [0.5, 0.6) is 0 Å². The Kier molecular flexibility index (Phi) is 7.91. The fourth-order valence-corrected chi connectivity index (χ4v) is 3.85. The molecule has 14 nitrogen and oxygen atoms in total. The quantitative estimate of drug-likeness (QED) is 0.178. The van der Waals surface area contributed by atoms with Gasteiger partial charge in [-0.25, -0.2) is 0 Å². The van der Waals surface area contributed by atoms with E-state index in [-0.39, 0.29) is 0 Å². The maximum Gasteiger partial charge on any atom is 0.267 e. The lowest BCUT2D eigenvalue weighted by molar-refractivity contribution is -0.341. The minimum atomic E-state index is -4.68. The third-order valence-electron chi connectivity index (χ3n) is 4.58. The van der Waals surface area contributed by atoms with Gasteiger partial charge in [0.05, 0.1) is 6.61 Å². The number of hydrogen-bond acceptors (Lipinski definition) is 12. The van der Waals surface area contributed by atoms with Crippen LogP contribution in [0.4, 0.5) is 0 Å². The first-order chi connectivity index (χ1) is 13.4. The lowest BCUT2D eigenvalue weighted by Crippen LogP contribution is -2.67. The SMILES string of the molecule is CC(=O)N[C@@H]1[C@@H](O)[C@H](O[C@@H]2O[C@H](CO)[C@H](O)[C@H](O)[C@H]2O)[C@@H](CS(=O)(=O)O)O[C@H]1O. The monoisotopic (exact) mass is 447 g/mol. The zero-order valence-corrected chi connectivity index (χ0v) is 16.0. The third kappa shape index (κ3) is 5.80. The van der Waals surface area contributed by atoms with Crippen molar-refractivity contribution in [3.63, 3.8) is 0 Å². The van der Waals surface area contributed by atoms with Gasteiger partial charge in [-0.3, -0.25) is 9.35 Å². The summed E-state index contributed by atoms with van der Waals surface area (Å²) in [6.07, 6.45) is -15.5. The van der Waals surface area contributed by atoms with Gasteiger partial charge in [0.15, 0.2) is 12.6 Å². The highest BCUT2D eigenvalue weighted by molar-refractivity contribution is 7.85. The Balaban J connectivity index is 2.28. The Morgan fingerprint density at radius 1 is 1.00 bits per heavy atom. The molecule has 0 aromatic rings. The molecule has 0 saturated carbocycles. The highest BCUT2D eigenvalue weighted by Gasteiger charge is 2.51. The molecule has 2 fully saturated rings. The molecular formula is C14H25NO13S. The van der Waals surface area contributed by atoms with Crippen molar-refractivity contribution in [3.8, 4) is 0 Å². The van der Waals surface area contributed by atoms with Crippen LogP contribution in [0.2, 0.25) is 0 Å². The third-order valence-corrected chi connectivity index (χ3v) is 5.33. The largest absolute Gasteiger partial charge is 0.394 e. The van der Waals surface area contributed by atoms with Crippen LogP contribution < -0.4 is 5.32 Å². The summed E-state index contributed by atoms with van der Waals surface area (Å²) < 4.78 is 47.2. The average Bonchev–Trinajstić information content (AvgIpc) is 2.60. The van der Waals surface area contributed by atoms with Crippen LogP contribution in [0.1, 0.15) is 6.92 Å². The average molecular weight is 447 g/mol. The molecule has 2 rings (SSSR count). The second kappa shape index (κ2) is 9.44. The van der Waals surface area contributed by atoms with Crippen LogP contribution >= 0.6 is 0 Å². The van der Waals surface area contributed by atoms with Crippen molar-refractivity contribution < 1.29 is 62.6 Å². The van der Waals surface area contributed by atoms with Crippen LogP contribution in [0.15, 0.2) is 0 Å². The van der Waals surface area contributed by atoms with Crippen molar-refractivity contribution in [2.24, 2.45) is 0 Å². The number of amides is 1. The van der Waals surface area contributed by atoms with E-state index in [9.17, 15) is 43.9 Å². The number of carbonyl (C=O) groups excluding carboxylic acids is 1. The number of carbonyl (C=O) groups is 1. The molecule has 0 aliphatic carbocycles. The number of aliphatic hydroxyl groups is 6. The summed E-state index contributed by atoms with van der Waals surface area (Å²) in [5, 5.41) is 61.6. The van der Waals surface area contributed by atoms with Gasteiger partial charge in [0.1, 0.15) is 54.5 Å². The molecule has 15 heteroatoms. The molecule has 2 aliphatic rings. The molecule has 0 radical (unpaired) electrons. The summed E-state index contributed by atoms with van der Waals surface area (Å²) in [6, 6.07) is -1.47. The maximum atomic E-state index is 11.3. The molecule has 0 aromatic heterocycles. The molecule has 2 saturated heterocycles. The normalized spacial score (nSPS) is 43.7. The number of ether oxygens (including phenoxy) is 3. The van der Waals surface area contributed by atoms with E-state index in [1.807, 2.05) is 0 Å². The molecule has 170 valence electrons. The van der Waals surface area contributed by atoms with Crippen molar-refractivity contribution in [1.82, 2.24) is 5.32 Å². The van der Waals surface area contributed by atoms with Gasteiger partial charge in [0.2, 0.25) is 5.91 Å². The molecule has 0 bridgehead atoms. The predicted molar refractivity (Wildman–Crippen MR) is 89.5 cm³/mol. The summed E-state index contributed by atoms with van der Waals surface area (Å²) in [5.74, 6) is -1.80. The Hall–Kier alpha value is -0.980. The molecular weight excluding hydrogens is 422 g/mol.